The van der Waals surface area contributed by atoms with E-state index in [4.69, 9.17) is 9.84 Å². The molecule has 7 heteroatoms. The lowest BCUT2D eigenvalue weighted by molar-refractivity contribution is -0.139. The molecule has 1 aromatic heterocycles. The van der Waals surface area contributed by atoms with Crippen molar-refractivity contribution in [2.75, 3.05) is 13.2 Å². The van der Waals surface area contributed by atoms with E-state index in [1.165, 1.54) is 0 Å². The Morgan fingerprint density at radius 3 is 2.76 bits per heavy atom. The summed E-state index contributed by atoms with van der Waals surface area (Å²) >= 11 is 0. The van der Waals surface area contributed by atoms with E-state index >= 15 is 0 Å². The average Bonchev–Trinajstić information content (AvgIpc) is 2.96. The summed E-state index contributed by atoms with van der Waals surface area (Å²) in [6, 6.07) is 6.49. The number of aromatic nitrogens is 2. The number of hydrogen-bond acceptors (Lipinski definition) is 4. The van der Waals surface area contributed by atoms with E-state index in [0.29, 0.717) is 17.9 Å². The first kappa shape index (κ1) is 17.0. The van der Waals surface area contributed by atoms with Crippen LogP contribution in [0, 0.1) is 5.41 Å². The first-order valence-corrected chi connectivity index (χ1v) is 8.02. The zero-order valence-corrected chi connectivity index (χ0v) is 14.5. The number of benzene rings is 1. The van der Waals surface area contributed by atoms with E-state index < -0.39 is 12.6 Å². The molecule has 1 saturated heterocycles. The molecule has 7 nitrogen and oxygen atoms in total. The van der Waals surface area contributed by atoms with Crippen LogP contribution in [0.2, 0.25) is 0 Å². The number of aryl methyl sites for hydroxylation is 1. The lowest BCUT2D eigenvalue weighted by atomic mass is 9.74. The lowest BCUT2D eigenvalue weighted by Gasteiger charge is -2.53. The Kier molecular flexibility index (Phi) is 4.24. The van der Waals surface area contributed by atoms with Gasteiger partial charge in [-0.1, -0.05) is 19.9 Å². The molecule has 2 heterocycles. The van der Waals surface area contributed by atoms with E-state index in [1.54, 1.807) is 35.4 Å². The number of carbonyl (C=O) groups excluding carboxylic acids is 1. The van der Waals surface area contributed by atoms with E-state index in [2.05, 4.69) is 18.8 Å². The lowest BCUT2D eigenvalue weighted by Crippen LogP contribution is -2.58. The van der Waals surface area contributed by atoms with Crippen LogP contribution in [0.15, 0.2) is 36.7 Å². The van der Waals surface area contributed by atoms with Gasteiger partial charge in [0.25, 0.3) is 5.91 Å². The number of likely N-dealkylation sites (tertiary alicyclic amines) is 1. The largest absolute Gasteiger partial charge is 0.482 e. The van der Waals surface area contributed by atoms with Crippen molar-refractivity contribution in [3.63, 3.8) is 0 Å². The molecule has 0 spiro atoms. The maximum Gasteiger partial charge on any atom is 0.341 e. The van der Waals surface area contributed by atoms with Crippen molar-refractivity contribution in [2.24, 2.45) is 12.5 Å². The smallest absolute Gasteiger partial charge is 0.341 e. The summed E-state index contributed by atoms with van der Waals surface area (Å²) < 4.78 is 7.09. The second-order valence-corrected chi connectivity index (χ2v) is 6.93. The highest BCUT2D eigenvalue weighted by Crippen LogP contribution is 2.48. The normalized spacial score (nSPS) is 18.5. The predicted molar refractivity (Wildman–Crippen MR) is 90.3 cm³/mol. The van der Waals surface area contributed by atoms with E-state index in [1.807, 2.05) is 17.8 Å². The van der Waals surface area contributed by atoms with Gasteiger partial charge >= 0.3 is 5.97 Å². The zero-order chi connectivity index (χ0) is 18.2. The van der Waals surface area contributed by atoms with Crippen LogP contribution in [0.1, 0.15) is 36.1 Å². The number of nitrogens with zero attached hydrogens (tertiary/aromatic N) is 3. The summed E-state index contributed by atoms with van der Waals surface area (Å²) in [6.07, 6.45) is 3.60. The fourth-order valence-electron chi connectivity index (χ4n) is 3.27. The number of carbonyl (C=O) groups is 2. The molecule has 1 unspecified atom stereocenters. The molecular formula is C18H21N3O4. The third-order valence-electron chi connectivity index (χ3n) is 4.44. The molecule has 2 aromatic rings. The quantitative estimate of drug-likeness (QED) is 0.899. The van der Waals surface area contributed by atoms with Crippen molar-refractivity contribution in [1.29, 1.82) is 0 Å². The number of hydrogen-bond donors (Lipinski definition) is 1. The van der Waals surface area contributed by atoms with Gasteiger partial charge in [0.2, 0.25) is 0 Å². The fraction of sp³-hybridized carbons (Fsp3) is 0.389. The summed E-state index contributed by atoms with van der Waals surface area (Å²) in [6.45, 7) is 4.42. The van der Waals surface area contributed by atoms with Gasteiger partial charge in [0, 0.05) is 37.0 Å². The standard InChI is InChI=1S/C18H21N3O4/c1-18(2)11-21(15(18)16-19-7-8-20(16)3)17(24)12-5-4-6-13(9-12)25-10-14(22)23/h4-9,15H,10-11H2,1-3H3,(H,22,23). The number of amides is 1. The monoisotopic (exact) mass is 343 g/mol. The predicted octanol–water partition coefficient (Wildman–Crippen LogP) is 2.11. The zero-order valence-electron chi connectivity index (χ0n) is 14.5. The third kappa shape index (κ3) is 3.22. The molecule has 0 bridgehead atoms. The van der Waals surface area contributed by atoms with Crippen molar-refractivity contribution in [1.82, 2.24) is 14.5 Å². The number of carboxylic acid groups (broad SMARTS) is 1. The number of ether oxygens (including phenoxy) is 1. The Hall–Kier alpha value is -2.83. The molecule has 132 valence electrons. The molecule has 1 aromatic carbocycles. The second-order valence-electron chi connectivity index (χ2n) is 6.93. The Labute approximate surface area is 145 Å². The summed E-state index contributed by atoms with van der Waals surface area (Å²) in [7, 11) is 1.92. The van der Waals surface area contributed by atoms with E-state index in [-0.39, 0.29) is 17.4 Å². The van der Waals surface area contributed by atoms with Gasteiger partial charge in [0.05, 0.1) is 6.04 Å². The summed E-state index contributed by atoms with van der Waals surface area (Å²) in [5.74, 6) is 0.0358. The summed E-state index contributed by atoms with van der Waals surface area (Å²) in [5.41, 5.74) is 0.407. The van der Waals surface area contributed by atoms with Crippen LogP contribution in [-0.2, 0) is 11.8 Å². The first-order chi connectivity index (χ1) is 11.8. The van der Waals surface area contributed by atoms with Crippen molar-refractivity contribution in [3.05, 3.63) is 48.0 Å². The van der Waals surface area contributed by atoms with Crippen LogP contribution < -0.4 is 4.74 Å². The molecular weight excluding hydrogens is 322 g/mol. The van der Waals surface area contributed by atoms with Crippen LogP contribution in [0.25, 0.3) is 0 Å². The van der Waals surface area contributed by atoms with Gasteiger partial charge in [-0.25, -0.2) is 9.78 Å². The van der Waals surface area contributed by atoms with Gasteiger partial charge < -0.3 is 19.3 Å². The van der Waals surface area contributed by atoms with Gasteiger partial charge in [-0.2, -0.15) is 0 Å². The van der Waals surface area contributed by atoms with Crippen LogP contribution in [-0.4, -0.2) is 44.6 Å². The minimum atomic E-state index is -1.06. The van der Waals surface area contributed by atoms with Gasteiger partial charge in [-0.05, 0) is 18.2 Å². The van der Waals surface area contributed by atoms with Crippen LogP contribution in [0.4, 0.5) is 0 Å². The maximum absolute atomic E-state index is 12.9. The Morgan fingerprint density at radius 2 is 2.16 bits per heavy atom. The van der Waals surface area contributed by atoms with Gasteiger partial charge in [-0.15, -0.1) is 0 Å². The first-order valence-electron chi connectivity index (χ1n) is 8.02. The maximum atomic E-state index is 12.9. The van der Waals surface area contributed by atoms with Crippen LogP contribution >= 0.6 is 0 Å². The highest BCUT2D eigenvalue weighted by Gasteiger charge is 2.50. The molecule has 0 aliphatic carbocycles. The van der Waals surface area contributed by atoms with E-state index in [9.17, 15) is 9.59 Å². The Bertz CT molecular complexity index is 812. The molecule has 1 aliphatic rings. The molecule has 1 aliphatic heterocycles. The second kappa shape index (κ2) is 6.23. The SMILES string of the molecule is Cn1ccnc1C1N(C(=O)c2cccc(OCC(=O)O)c2)CC1(C)C. The van der Waals surface area contributed by atoms with Crippen molar-refractivity contribution in [2.45, 2.75) is 19.9 Å². The van der Waals surface area contributed by atoms with Crippen molar-refractivity contribution >= 4 is 11.9 Å². The average molecular weight is 343 g/mol. The fourth-order valence-corrected chi connectivity index (χ4v) is 3.27. The van der Waals surface area contributed by atoms with Crippen molar-refractivity contribution in [3.8, 4) is 5.75 Å². The number of carboxylic acids is 1. The molecule has 1 atom stereocenters. The molecule has 1 fully saturated rings. The van der Waals surface area contributed by atoms with Gasteiger partial charge in [-0.3, -0.25) is 4.79 Å². The molecule has 1 N–H and O–H groups in total. The number of rotatable bonds is 5. The highest BCUT2D eigenvalue weighted by atomic mass is 16.5. The topological polar surface area (TPSA) is 84.7 Å². The Morgan fingerprint density at radius 1 is 1.40 bits per heavy atom. The number of aliphatic carboxylic acids is 1. The minimum Gasteiger partial charge on any atom is -0.482 e. The molecule has 0 radical (unpaired) electrons. The third-order valence-corrected chi connectivity index (χ3v) is 4.44. The Balaban J connectivity index is 1.82. The molecule has 3 rings (SSSR count). The van der Waals surface area contributed by atoms with Crippen molar-refractivity contribution < 1.29 is 19.4 Å². The summed E-state index contributed by atoms with van der Waals surface area (Å²) in [5, 5.41) is 8.70. The highest BCUT2D eigenvalue weighted by molar-refractivity contribution is 5.95. The van der Waals surface area contributed by atoms with E-state index in [0.717, 1.165) is 5.82 Å². The molecule has 1 amide bonds. The molecule has 25 heavy (non-hydrogen) atoms. The van der Waals surface area contributed by atoms with Crippen LogP contribution in [0.5, 0.6) is 5.75 Å². The van der Waals surface area contributed by atoms with Gasteiger partial charge in [0.1, 0.15) is 11.6 Å². The van der Waals surface area contributed by atoms with Crippen LogP contribution in [0.3, 0.4) is 0 Å². The molecule has 0 saturated carbocycles. The minimum absolute atomic E-state index is 0.0633. The summed E-state index contributed by atoms with van der Waals surface area (Å²) in [4.78, 5) is 29.8. The number of imidazole rings is 1. The van der Waals surface area contributed by atoms with Gasteiger partial charge in [0.15, 0.2) is 6.61 Å².